The lowest BCUT2D eigenvalue weighted by molar-refractivity contribution is -0.118. The summed E-state index contributed by atoms with van der Waals surface area (Å²) >= 11 is 0. The lowest BCUT2D eigenvalue weighted by Crippen LogP contribution is -2.49. The van der Waals surface area contributed by atoms with Gasteiger partial charge in [0.15, 0.2) is 5.69 Å². The Bertz CT molecular complexity index is 1520. The van der Waals surface area contributed by atoms with Crippen LogP contribution < -0.4 is 10.6 Å². The zero-order valence-electron chi connectivity index (χ0n) is 21.3. The summed E-state index contributed by atoms with van der Waals surface area (Å²) in [5.41, 5.74) is 6.32. The summed E-state index contributed by atoms with van der Waals surface area (Å²) in [4.78, 5) is 36.0. The second-order valence-corrected chi connectivity index (χ2v) is 10.5. The van der Waals surface area contributed by atoms with Gasteiger partial charge >= 0.3 is 0 Å². The van der Waals surface area contributed by atoms with Gasteiger partial charge in [-0.15, -0.1) is 0 Å². The lowest BCUT2D eigenvalue weighted by atomic mass is 9.82. The first kappa shape index (κ1) is 24.1. The van der Waals surface area contributed by atoms with Crippen LogP contribution in [0.4, 0.5) is 10.1 Å². The highest BCUT2D eigenvalue weighted by atomic mass is 19.1. The number of aliphatic imine (C=N–C) groups is 1. The van der Waals surface area contributed by atoms with Crippen LogP contribution in [0.3, 0.4) is 0 Å². The molecule has 3 aromatic rings. The van der Waals surface area contributed by atoms with E-state index in [0.29, 0.717) is 24.3 Å². The summed E-state index contributed by atoms with van der Waals surface area (Å²) in [6, 6.07) is 7.39. The standard InChI is InChI=1S/C28H27FN6O3/c1-14-12-30-15(2)22(14)21-7-5-19(13-31-21)32-27(37)25(33-26(36)24-16(3)34-38-35-24)23-20-6-4-18(29)10-17(20)11-28(23)8-9-28/h4-7,10,13,23,25H,8-9,11-12H2,1-3H3,(H,32,37)(H,33,36)/t23?,25-/m0/s1. The molecule has 1 unspecified atom stereocenters. The number of pyridine rings is 1. The highest BCUT2D eigenvalue weighted by molar-refractivity contribution is 6.24. The van der Waals surface area contributed by atoms with Gasteiger partial charge in [0.2, 0.25) is 5.91 Å². The smallest absolute Gasteiger partial charge is 0.276 e. The molecular formula is C28H27FN6O3. The van der Waals surface area contributed by atoms with E-state index in [2.05, 4.69) is 30.9 Å². The Kier molecular flexibility index (Phi) is 5.70. The molecule has 1 saturated carbocycles. The van der Waals surface area contributed by atoms with E-state index in [1.807, 2.05) is 19.9 Å². The van der Waals surface area contributed by atoms with Gasteiger partial charge < -0.3 is 10.6 Å². The molecule has 1 spiro atoms. The van der Waals surface area contributed by atoms with Gasteiger partial charge in [-0.05, 0) is 91.6 Å². The predicted molar refractivity (Wildman–Crippen MR) is 138 cm³/mol. The van der Waals surface area contributed by atoms with Gasteiger partial charge in [0.25, 0.3) is 5.91 Å². The molecular weight excluding hydrogens is 487 g/mol. The fourth-order valence-electron chi connectivity index (χ4n) is 5.92. The van der Waals surface area contributed by atoms with Crippen molar-refractivity contribution in [3.05, 3.63) is 76.1 Å². The Morgan fingerprint density at radius 2 is 1.95 bits per heavy atom. The van der Waals surface area contributed by atoms with Crippen molar-refractivity contribution in [1.82, 2.24) is 20.6 Å². The summed E-state index contributed by atoms with van der Waals surface area (Å²) in [6.45, 7) is 6.27. The minimum atomic E-state index is -0.929. The number of allylic oxidation sites excluding steroid dienone is 1. The van der Waals surface area contributed by atoms with E-state index >= 15 is 0 Å². The molecule has 2 amide bonds. The molecule has 0 radical (unpaired) electrons. The third-order valence-corrected chi connectivity index (χ3v) is 7.93. The Morgan fingerprint density at radius 1 is 1.13 bits per heavy atom. The Morgan fingerprint density at radius 3 is 2.58 bits per heavy atom. The molecule has 9 nitrogen and oxygen atoms in total. The fraction of sp³-hybridized carbons (Fsp3) is 0.357. The number of amides is 2. The number of carbonyl (C=O) groups excluding carboxylic acids is 2. The minimum Gasteiger partial charge on any atom is -0.338 e. The SMILES string of the molecule is CC1=NCC(C)=C1c1ccc(NC(=O)[C@@H](NC(=O)c2nonc2C)C2c3ccc(F)cc3CC23CC3)cn1. The van der Waals surface area contributed by atoms with E-state index < -0.39 is 11.9 Å². The molecule has 2 aromatic heterocycles. The Balaban J connectivity index is 1.31. The van der Waals surface area contributed by atoms with Gasteiger partial charge in [0.05, 0.1) is 24.1 Å². The van der Waals surface area contributed by atoms with Crippen molar-refractivity contribution in [3.8, 4) is 0 Å². The molecule has 1 aromatic carbocycles. The number of rotatable bonds is 6. The van der Waals surface area contributed by atoms with Crippen LogP contribution in [0, 0.1) is 18.2 Å². The van der Waals surface area contributed by atoms with E-state index in [9.17, 15) is 14.0 Å². The number of halogens is 1. The summed E-state index contributed by atoms with van der Waals surface area (Å²) < 4.78 is 18.7. The predicted octanol–water partition coefficient (Wildman–Crippen LogP) is 4.02. The highest BCUT2D eigenvalue weighted by Crippen LogP contribution is 2.64. The average molecular weight is 515 g/mol. The van der Waals surface area contributed by atoms with Crippen LogP contribution in [0.5, 0.6) is 0 Å². The summed E-state index contributed by atoms with van der Waals surface area (Å²) in [7, 11) is 0. The summed E-state index contributed by atoms with van der Waals surface area (Å²) in [5, 5.41) is 13.2. The summed E-state index contributed by atoms with van der Waals surface area (Å²) in [6.07, 6.45) is 4.06. The number of hydrogen-bond donors (Lipinski definition) is 2. The first-order valence-corrected chi connectivity index (χ1v) is 12.6. The number of benzene rings is 1. The van der Waals surface area contributed by atoms with Crippen molar-refractivity contribution < 1.29 is 18.6 Å². The van der Waals surface area contributed by atoms with Crippen LogP contribution >= 0.6 is 0 Å². The molecule has 2 atom stereocenters. The number of anilines is 1. The molecule has 10 heteroatoms. The number of nitrogens with one attached hydrogen (secondary N) is 2. The number of aromatic nitrogens is 3. The zero-order chi connectivity index (χ0) is 26.6. The van der Waals surface area contributed by atoms with Gasteiger partial charge in [0, 0.05) is 17.2 Å². The van der Waals surface area contributed by atoms with Crippen LogP contribution in [0.15, 0.2) is 51.7 Å². The normalized spacial score (nSPS) is 19.8. The molecule has 6 rings (SSSR count). The number of aryl methyl sites for hydroxylation is 1. The average Bonchev–Trinajstić information content (AvgIpc) is 3.21. The van der Waals surface area contributed by atoms with Crippen molar-refractivity contribution in [2.24, 2.45) is 10.4 Å². The molecule has 0 bridgehead atoms. The first-order chi connectivity index (χ1) is 18.3. The molecule has 2 N–H and O–H groups in total. The van der Waals surface area contributed by atoms with Crippen LogP contribution in [-0.2, 0) is 11.2 Å². The molecule has 3 aliphatic rings. The maximum absolute atomic E-state index is 14.0. The van der Waals surface area contributed by atoms with Crippen molar-refractivity contribution in [2.45, 2.75) is 52.0 Å². The maximum atomic E-state index is 14.0. The van der Waals surface area contributed by atoms with E-state index in [0.717, 1.165) is 46.5 Å². The Labute approximate surface area is 218 Å². The second kappa shape index (κ2) is 8.97. The van der Waals surface area contributed by atoms with E-state index in [1.165, 1.54) is 12.1 Å². The number of hydrogen-bond acceptors (Lipinski definition) is 7. The topological polar surface area (TPSA) is 122 Å². The van der Waals surface area contributed by atoms with Crippen LogP contribution in [0.2, 0.25) is 0 Å². The lowest BCUT2D eigenvalue weighted by Gasteiger charge is -2.29. The van der Waals surface area contributed by atoms with Crippen LogP contribution in [-0.4, -0.2) is 45.4 Å². The molecule has 0 saturated heterocycles. The maximum Gasteiger partial charge on any atom is 0.276 e. The molecule has 194 valence electrons. The molecule has 2 aliphatic carbocycles. The monoisotopic (exact) mass is 514 g/mol. The molecule has 38 heavy (non-hydrogen) atoms. The fourth-order valence-corrected chi connectivity index (χ4v) is 5.92. The van der Waals surface area contributed by atoms with Gasteiger partial charge in [-0.25, -0.2) is 9.02 Å². The second-order valence-electron chi connectivity index (χ2n) is 10.5. The van der Waals surface area contributed by atoms with E-state index in [4.69, 9.17) is 4.63 Å². The van der Waals surface area contributed by atoms with Crippen molar-refractivity contribution in [1.29, 1.82) is 0 Å². The molecule has 1 aliphatic heterocycles. The van der Waals surface area contributed by atoms with Gasteiger partial charge in [0.1, 0.15) is 17.6 Å². The Hall–Kier alpha value is -4.21. The van der Waals surface area contributed by atoms with Crippen molar-refractivity contribution in [3.63, 3.8) is 0 Å². The number of nitrogens with zero attached hydrogens (tertiary/aromatic N) is 4. The number of fused-ring (bicyclic) bond motifs is 1. The third kappa shape index (κ3) is 4.09. The van der Waals surface area contributed by atoms with Gasteiger partial charge in [-0.3, -0.25) is 19.6 Å². The summed E-state index contributed by atoms with van der Waals surface area (Å²) in [5.74, 6) is -1.57. The highest BCUT2D eigenvalue weighted by Gasteiger charge is 2.58. The minimum absolute atomic E-state index is 0.0215. The van der Waals surface area contributed by atoms with Crippen LogP contribution in [0.1, 0.15) is 65.6 Å². The van der Waals surface area contributed by atoms with Crippen LogP contribution in [0.25, 0.3) is 5.57 Å². The van der Waals surface area contributed by atoms with Crippen molar-refractivity contribution >= 4 is 28.8 Å². The van der Waals surface area contributed by atoms with Gasteiger partial charge in [-0.1, -0.05) is 11.2 Å². The molecule has 1 fully saturated rings. The molecule has 3 heterocycles. The third-order valence-electron chi connectivity index (χ3n) is 7.93. The first-order valence-electron chi connectivity index (χ1n) is 12.6. The zero-order valence-corrected chi connectivity index (χ0v) is 21.3. The quantitative estimate of drug-likeness (QED) is 0.512. The number of carbonyl (C=O) groups is 2. The van der Waals surface area contributed by atoms with Gasteiger partial charge in [-0.2, -0.15) is 0 Å². The van der Waals surface area contributed by atoms with E-state index in [1.54, 1.807) is 25.3 Å². The van der Waals surface area contributed by atoms with Crippen molar-refractivity contribution in [2.75, 3.05) is 11.9 Å². The van der Waals surface area contributed by atoms with E-state index in [-0.39, 0.29) is 28.8 Å². The largest absolute Gasteiger partial charge is 0.338 e.